The number of fused-ring (bicyclic) bond motifs is 1. The van der Waals surface area contributed by atoms with Crippen molar-refractivity contribution in [2.24, 2.45) is 0 Å². The highest BCUT2D eigenvalue weighted by atomic mass is 19.1. The number of carbonyl (C=O) groups excluding carboxylic acids is 2. The summed E-state index contributed by atoms with van der Waals surface area (Å²) < 4.78 is 47.5. The molecule has 1 atom stereocenters. The quantitative estimate of drug-likeness (QED) is 0.173. The van der Waals surface area contributed by atoms with Crippen LogP contribution < -0.4 is 9.64 Å². The number of methoxy groups -OCH3 is 1. The first kappa shape index (κ1) is 30.4. The molecule has 2 amide bonds. The Labute approximate surface area is 254 Å². The Morgan fingerprint density at radius 3 is 2.00 bits per heavy atom. The van der Waals surface area contributed by atoms with E-state index < -0.39 is 29.4 Å². The van der Waals surface area contributed by atoms with Gasteiger partial charge in [-0.2, -0.15) is 0 Å². The van der Waals surface area contributed by atoms with Crippen LogP contribution in [0.3, 0.4) is 0 Å². The minimum atomic E-state index is -1.15. The van der Waals surface area contributed by atoms with Crippen LogP contribution >= 0.6 is 0 Å². The lowest BCUT2D eigenvalue weighted by molar-refractivity contribution is -0.139. The molecule has 5 aromatic carbocycles. The van der Waals surface area contributed by atoms with Crippen LogP contribution in [-0.2, 0) is 29.0 Å². The molecule has 0 fully saturated rings. The van der Waals surface area contributed by atoms with E-state index in [2.05, 4.69) is 0 Å². The van der Waals surface area contributed by atoms with Gasteiger partial charge in [-0.25, -0.2) is 13.2 Å². The maximum Gasteiger partial charge on any atom is 0.249 e. The predicted molar refractivity (Wildman–Crippen MR) is 165 cm³/mol. The lowest BCUT2D eigenvalue weighted by atomic mass is 9.99. The standard InChI is InChI=1S/C36H31F3N2O3/c1-40(32-13-15-33(44-2)16-14-32)36(43)34(20-26-18-30(38)22-31(39)19-26)41(23-24-8-11-29(37)12-9-24)35(42)21-25-7-10-27-5-3-4-6-28(27)17-25/h3-19,22,34H,20-21,23H2,1-2H3/t34-/m0/s1. The minimum Gasteiger partial charge on any atom is -0.497 e. The summed E-state index contributed by atoms with van der Waals surface area (Å²) in [5, 5.41) is 1.99. The van der Waals surface area contributed by atoms with Crippen LogP contribution in [0.1, 0.15) is 16.7 Å². The molecule has 44 heavy (non-hydrogen) atoms. The van der Waals surface area contributed by atoms with Gasteiger partial charge in [0.15, 0.2) is 0 Å². The minimum absolute atomic E-state index is 0.0282. The average Bonchev–Trinajstić information content (AvgIpc) is 3.02. The number of carbonyl (C=O) groups is 2. The molecule has 5 rings (SSSR count). The highest BCUT2D eigenvalue weighted by molar-refractivity contribution is 5.99. The Morgan fingerprint density at radius 1 is 0.705 bits per heavy atom. The Kier molecular flexibility index (Phi) is 9.29. The number of halogens is 3. The maximum absolute atomic E-state index is 14.3. The molecule has 0 radical (unpaired) electrons. The van der Waals surface area contributed by atoms with Crippen LogP contribution in [0.25, 0.3) is 10.8 Å². The van der Waals surface area contributed by atoms with Crippen molar-refractivity contribution in [3.63, 3.8) is 0 Å². The van der Waals surface area contributed by atoms with Crippen molar-refractivity contribution in [1.29, 1.82) is 0 Å². The van der Waals surface area contributed by atoms with Crippen molar-refractivity contribution in [2.75, 3.05) is 19.1 Å². The molecule has 0 aliphatic rings. The first-order valence-electron chi connectivity index (χ1n) is 14.1. The number of rotatable bonds is 10. The Morgan fingerprint density at radius 2 is 1.34 bits per heavy atom. The van der Waals surface area contributed by atoms with Crippen molar-refractivity contribution >= 4 is 28.3 Å². The van der Waals surface area contributed by atoms with Gasteiger partial charge in [0.2, 0.25) is 11.8 Å². The number of nitrogens with zero attached hydrogens (tertiary/aromatic N) is 2. The summed E-state index contributed by atoms with van der Waals surface area (Å²) in [4.78, 5) is 31.2. The van der Waals surface area contributed by atoms with Crippen LogP contribution in [0, 0.1) is 17.5 Å². The van der Waals surface area contributed by atoms with E-state index in [0.717, 1.165) is 34.5 Å². The molecule has 0 N–H and O–H groups in total. The number of likely N-dealkylation sites (N-methyl/N-ethyl adjacent to an activating group) is 1. The van der Waals surface area contributed by atoms with Crippen molar-refractivity contribution in [2.45, 2.75) is 25.4 Å². The normalized spacial score (nSPS) is 11.7. The Bertz CT molecular complexity index is 1750. The van der Waals surface area contributed by atoms with Gasteiger partial charge >= 0.3 is 0 Å². The molecule has 0 heterocycles. The summed E-state index contributed by atoms with van der Waals surface area (Å²) >= 11 is 0. The molecule has 5 nitrogen and oxygen atoms in total. The van der Waals surface area contributed by atoms with Crippen molar-refractivity contribution in [3.05, 3.63) is 143 Å². The fraction of sp³-hybridized carbons (Fsp3) is 0.167. The molecular weight excluding hydrogens is 565 g/mol. The van der Waals surface area contributed by atoms with Gasteiger partial charge in [0.05, 0.1) is 13.5 Å². The summed E-state index contributed by atoms with van der Waals surface area (Å²) in [6.45, 7) is -0.0304. The molecule has 5 aromatic rings. The highest BCUT2D eigenvalue weighted by Gasteiger charge is 2.33. The summed E-state index contributed by atoms with van der Waals surface area (Å²) in [5.74, 6) is -2.25. The molecular formula is C36H31F3N2O3. The molecule has 0 saturated heterocycles. The van der Waals surface area contributed by atoms with Gasteiger partial charge in [-0.1, -0.05) is 54.6 Å². The van der Waals surface area contributed by atoms with Crippen LogP contribution in [0.2, 0.25) is 0 Å². The van der Waals surface area contributed by atoms with Crippen molar-refractivity contribution < 1.29 is 27.5 Å². The fourth-order valence-electron chi connectivity index (χ4n) is 5.22. The molecule has 8 heteroatoms. The number of hydrogen-bond acceptors (Lipinski definition) is 3. The van der Waals surface area contributed by atoms with Gasteiger partial charge in [0, 0.05) is 31.8 Å². The van der Waals surface area contributed by atoms with Gasteiger partial charge in [-0.3, -0.25) is 9.59 Å². The van der Waals surface area contributed by atoms with E-state index in [-0.39, 0.29) is 30.9 Å². The van der Waals surface area contributed by atoms with Gasteiger partial charge < -0.3 is 14.5 Å². The van der Waals surface area contributed by atoms with E-state index in [1.54, 1.807) is 43.4 Å². The molecule has 0 aliphatic heterocycles. The van der Waals surface area contributed by atoms with Gasteiger partial charge in [0.25, 0.3) is 0 Å². The molecule has 0 unspecified atom stereocenters. The zero-order valence-corrected chi connectivity index (χ0v) is 24.3. The number of ether oxygens (including phenoxy) is 1. The highest BCUT2D eigenvalue weighted by Crippen LogP contribution is 2.24. The van der Waals surface area contributed by atoms with Crippen LogP contribution in [0.4, 0.5) is 18.9 Å². The fourth-order valence-corrected chi connectivity index (χ4v) is 5.22. The number of hydrogen-bond donors (Lipinski definition) is 0. The van der Waals surface area contributed by atoms with Gasteiger partial charge in [0.1, 0.15) is 29.2 Å². The molecule has 0 bridgehead atoms. The van der Waals surface area contributed by atoms with Crippen molar-refractivity contribution in [1.82, 2.24) is 4.90 Å². The van der Waals surface area contributed by atoms with E-state index in [0.29, 0.717) is 17.0 Å². The molecule has 0 aromatic heterocycles. The van der Waals surface area contributed by atoms with Crippen molar-refractivity contribution in [3.8, 4) is 5.75 Å². The molecule has 0 saturated carbocycles. The zero-order chi connectivity index (χ0) is 31.2. The second kappa shape index (κ2) is 13.5. The van der Waals surface area contributed by atoms with E-state index in [4.69, 9.17) is 4.74 Å². The van der Waals surface area contributed by atoms with Crippen LogP contribution in [-0.4, -0.2) is 36.9 Å². The second-order valence-electron chi connectivity index (χ2n) is 10.6. The van der Waals surface area contributed by atoms with E-state index in [9.17, 15) is 22.8 Å². The van der Waals surface area contributed by atoms with E-state index >= 15 is 0 Å². The first-order valence-corrected chi connectivity index (χ1v) is 14.1. The summed E-state index contributed by atoms with van der Waals surface area (Å²) in [6.07, 6.45) is -0.182. The first-order chi connectivity index (χ1) is 21.2. The molecule has 0 spiro atoms. The summed E-state index contributed by atoms with van der Waals surface area (Å²) in [7, 11) is 3.11. The third kappa shape index (κ3) is 7.26. The molecule has 224 valence electrons. The SMILES string of the molecule is COc1ccc(N(C)C(=O)[C@H](Cc2cc(F)cc(F)c2)N(Cc2ccc(F)cc2)C(=O)Cc2ccc3ccccc3c2)cc1. The van der Waals surface area contributed by atoms with Gasteiger partial charge in [-0.15, -0.1) is 0 Å². The number of anilines is 1. The van der Waals surface area contributed by atoms with Gasteiger partial charge in [-0.05, 0) is 76.0 Å². The summed E-state index contributed by atoms with van der Waals surface area (Å²) in [6, 6.07) is 27.9. The monoisotopic (exact) mass is 596 g/mol. The lowest BCUT2D eigenvalue weighted by Crippen LogP contribution is -2.51. The third-order valence-corrected chi connectivity index (χ3v) is 7.56. The number of benzene rings is 5. The average molecular weight is 597 g/mol. The van der Waals surface area contributed by atoms with Crippen LogP contribution in [0.15, 0.2) is 109 Å². The predicted octanol–water partition coefficient (Wildman–Crippen LogP) is 7.11. The third-order valence-electron chi connectivity index (χ3n) is 7.56. The molecule has 0 aliphatic carbocycles. The lowest BCUT2D eigenvalue weighted by Gasteiger charge is -2.34. The second-order valence-corrected chi connectivity index (χ2v) is 10.6. The Hall–Kier alpha value is -5.11. The van der Waals surface area contributed by atoms with Crippen LogP contribution in [0.5, 0.6) is 5.75 Å². The zero-order valence-electron chi connectivity index (χ0n) is 24.3. The summed E-state index contributed by atoms with van der Waals surface area (Å²) in [5.41, 5.74) is 2.08. The smallest absolute Gasteiger partial charge is 0.249 e. The van der Waals surface area contributed by atoms with E-state index in [1.165, 1.54) is 29.0 Å². The Balaban J connectivity index is 1.55. The van der Waals surface area contributed by atoms with E-state index in [1.807, 2.05) is 42.5 Å². The maximum atomic E-state index is 14.3. The number of amides is 2. The topological polar surface area (TPSA) is 49.9 Å². The largest absolute Gasteiger partial charge is 0.497 e.